The maximum atomic E-state index is 12.3. The van der Waals surface area contributed by atoms with E-state index in [0.717, 1.165) is 5.03 Å². The molecule has 2 rings (SSSR count). The molecule has 1 aliphatic rings. The van der Waals surface area contributed by atoms with Crippen molar-refractivity contribution in [1.82, 2.24) is 29.9 Å². The topological polar surface area (TPSA) is 167 Å². The van der Waals surface area contributed by atoms with Gasteiger partial charge in [0.05, 0.1) is 19.6 Å². The normalized spacial score (nSPS) is 17.1. The highest BCUT2D eigenvalue weighted by Crippen LogP contribution is 2.29. The van der Waals surface area contributed by atoms with Crippen LogP contribution < -0.4 is 5.32 Å². The lowest BCUT2D eigenvalue weighted by Crippen LogP contribution is -2.49. The lowest BCUT2D eigenvalue weighted by Gasteiger charge is -2.33. The summed E-state index contributed by atoms with van der Waals surface area (Å²) in [5.74, 6) is -2.33. The first-order valence-electron chi connectivity index (χ1n) is 12.7. The monoisotopic (exact) mass is 586 g/mol. The second kappa shape index (κ2) is 18.8. The Morgan fingerprint density at radius 3 is 1.69 bits per heavy atom. The number of hydrogen-bond donors (Lipinski definition) is 4. The van der Waals surface area contributed by atoms with Gasteiger partial charge in [-0.05, 0) is 22.9 Å². The number of nitrogens with zero attached hydrogens (tertiary/aromatic N) is 5. The number of carboxylic acid groups (broad SMARTS) is 3. The number of carboxylic acids is 3. The Labute approximate surface area is 236 Å². The van der Waals surface area contributed by atoms with E-state index in [0.29, 0.717) is 77.6 Å². The zero-order valence-electron chi connectivity index (χ0n) is 21.9. The fourth-order valence-corrected chi connectivity index (χ4v) is 5.79. The molecule has 218 valence electrons. The quantitative estimate of drug-likeness (QED) is 0.167. The second-order valence-electron chi connectivity index (χ2n) is 9.02. The van der Waals surface area contributed by atoms with Crippen LogP contribution >= 0.6 is 21.6 Å². The predicted molar refractivity (Wildman–Crippen MR) is 149 cm³/mol. The van der Waals surface area contributed by atoms with Crippen molar-refractivity contribution in [3.63, 3.8) is 0 Å². The Balaban J connectivity index is 1.88. The van der Waals surface area contributed by atoms with Crippen LogP contribution in [0.4, 0.5) is 0 Å². The Bertz CT molecular complexity index is 882. The zero-order chi connectivity index (χ0) is 28.5. The first-order chi connectivity index (χ1) is 18.7. The summed E-state index contributed by atoms with van der Waals surface area (Å²) >= 11 is 0. The standard InChI is InChI=1S/C24H38N6O7S2/c31-20(4-16-38-39-21-3-1-2-5-26-21)25-6-7-27-8-10-28(17-22(32)33)12-14-30(19-24(36)37)15-13-29(11-9-27)18-23(34)35/h1-3,5H,4,6-19H2,(H,25,31)(H,32,33)(H,34,35)(H,36,37). The molecule has 0 unspecified atom stereocenters. The van der Waals surface area contributed by atoms with Crippen LogP contribution in [-0.2, 0) is 19.2 Å². The number of hydrogen-bond acceptors (Lipinski definition) is 11. The van der Waals surface area contributed by atoms with Crippen LogP contribution in [0.5, 0.6) is 0 Å². The molecule has 13 nitrogen and oxygen atoms in total. The summed E-state index contributed by atoms with van der Waals surface area (Å²) in [6.07, 6.45) is 2.10. The highest BCUT2D eigenvalue weighted by molar-refractivity contribution is 8.76. The van der Waals surface area contributed by atoms with Crippen molar-refractivity contribution in [2.45, 2.75) is 11.4 Å². The highest BCUT2D eigenvalue weighted by Gasteiger charge is 2.20. The lowest BCUT2D eigenvalue weighted by molar-refractivity contribution is -0.140. The first-order valence-corrected chi connectivity index (χ1v) is 15.0. The predicted octanol–water partition coefficient (Wildman–Crippen LogP) is -0.196. The van der Waals surface area contributed by atoms with E-state index in [9.17, 15) is 34.5 Å². The molecule has 1 saturated heterocycles. The smallest absolute Gasteiger partial charge is 0.317 e. The average molecular weight is 587 g/mol. The summed E-state index contributed by atoms with van der Waals surface area (Å²) in [4.78, 5) is 57.9. The highest BCUT2D eigenvalue weighted by atomic mass is 33.1. The number of aliphatic carboxylic acids is 3. The van der Waals surface area contributed by atoms with Gasteiger partial charge in [0, 0.05) is 83.8 Å². The van der Waals surface area contributed by atoms with Gasteiger partial charge in [0.25, 0.3) is 0 Å². The van der Waals surface area contributed by atoms with Crippen LogP contribution in [0.2, 0.25) is 0 Å². The minimum Gasteiger partial charge on any atom is -0.480 e. The Kier molecular flexibility index (Phi) is 15.8. The van der Waals surface area contributed by atoms with Crippen molar-refractivity contribution in [3.8, 4) is 0 Å². The maximum Gasteiger partial charge on any atom is 0.317 e. The van der Waals surface area contributed by atoms with Gasteiger partial charge in [-0.15, -0.1) is 0 Å². The Morgan fingerprint density at radius 2 is 1.26 bits per heavy atom. The van der Waals surface area contributed by atoms with Crippen LogP contribution in [0.25, 0.3) is 0 Å². The van der Waals surface area contributed by atoms with E-state index in [1.807, 2.05) is 18.2 Å². The van der Waals surface area contributed by atoms with E-state index < -0.39 is 17.9 Å². The molecule has 0 spiro atoms. The minimum atomic E-state index is -0.990. The lowest BCUT2D eigenvalue weighted by atomic mass is 10.3. The minimum absolute atomic E-state index is 0.0583. The van der Waals surface area contributed by atoms with E-state index in [1.165, 1.54) is 10.8 Å². The molecule has 1 aromatic rings. The summed E-state index contributed by atoms with van der Waals surface area (Å²) in [6.45, 7) is 3.83. The number of rotatable bonds is 14. The number of carbonyl (C=O) groups is 4. The van der Waals surface area contributed by atoms with Gasteiger partial charge < -0.3 is 20.6 Å². The number of nitrogens with one attached hydrogen (secondary N) is 1. The van der Waals surface area contributed by atoms with E-state index in [2.05, 4.69) is 15.2 Å². The van der Waals surface area contributed by atoms with E-state index >= 15 is 0 Å². The fraction of sp³-hybridized carbons (Fsp3) is 0.625. The average Bonchev–Trinajstić information content (AvgIpc) is 2.87. The van der Waals surface area contributed by atoms with Gasteiger partial charge >= 0.3 is 17.9 Å². The Morgan fingerprint density at radius 1 is 0.769 bits per heavy atom. The maximum absolute atomic E-state index is 12.3. The van der Waals surface area contributed by atoms with Gasteiger partial charge in [0.2, 0.25) is 5.91 Å². The SMILES string of the molecule is O=C(O)CN1CCN(CCNC(=O)CCSSc2ccccn2)CCN(CC(=O)O)CCN(CC(=O)O)CC1. The first kappa shape index (κ1) is 32.8. The van der Waals surface area contributed by atoms with E-state index in [1.54, 1.807) is 31.7 Å². The molecule has 2 heterocycles. The van der Waals surface area contributed by atoms with Gasteiger partial charge in [0.15, 0.2) is 0 Å². The van der Waals surface area contributed by atoms with Gasteiger partial charge in [-0.3, -0.25) is 38.8 Å². The molecule has 0 aromatic carbocycles. The van der Waals surface area contributed by atoms with Crippen molar-refractivity contribution in [3.05, 3.63) is 24.4 Å². The van der Waals surface area contributed by atoms with Crippen LogP contribution in [0.1, 0.15) is 6.42 Å². The molecule has 1 fully saturated rings. The summed E-state index contributed by atoms with van der Waals surface area (Å²) in [5.41, 5.74) is 0. The summed E-state index contributed by atoms with van der Waals surface area (Å²) < 4.78 is 0. The molecule has 15 heteroatoms. The molecular formula is C24H38N6O7S2. The van der Waals surface area contributed by atoms with Crippen molar-refractivity contribution in [2.24, 2.45) is 0 Å². The molecule has 0 bridgehead atoms. The summed E-state index contributed by atoms with van der Waals surface area (Å²) in [6, 6.07) is 5.68. The largest absolute Gasteiger partial charge is 0.480 e. The van der Waals surface area contributed by atoms with Crippen LogP contribution in [0.3, 0.4) is 0 Å². The molecule has 0 atom stereocenters. The van der Waals surface area contributed by atoms with Gasteiger partial charge in [0.1, 0.15) is 5.03 Å². The molecule has 4 N–H and O–H groups in total. The van der Waals surface area contributed by atoms with Crippen molar-refractivity contribution >= 4 is 45.4 Å². The third-order valence-electron chi connectivity index (χ3n) is 5.95. The molecule has 39 heavy (non-hydrogen) atoms. The molecule has 0 radical (unpaired) electrons. The third kappa shape index (κ3) is 15.7. The van der Waals surface area contributed by atoms with Crippen molar-refractivity contribution in [1.29, 1.82) is 0 Å². The number of pyridine rings is 1. The molecule has 1 aromatic heterocycles. The van der Waals surface area contributed by atoms with Crippen molar-refractivity contribution < 1.29 is 34.5 Å². The van der Waals surface area contributed by atoms with Crippen LogP contribution in [0, 0.1) is 0 Å². The van der Waals surface area contributed by atoms with Crippen LogP contribution in [0.15, 0.2) is 29.4 Å². The van der Waals surface area contributed by atoms with Crippen molar-refractivity contribution in [2.75, 3.05) is 90.8 Å². The summed E-state index contributed by atoms with van der Waals surface area (Å²) in [7, 11) is 3.09. The van der Waals surface area contributed by atoms with E-state index in [-0.39, 0.29) is 25.5 Å². The second-order valence-corrected chi connectivity index (χ2v) is 11.5. The summed E-state index contributed by atoms with van der Waals surface area (Å²) in [5, 5.41) is 31.7. The van der Waals surface area contributed by atoms with E-state index in [4.69, 9.17) is 0 Å². The van der Waals surface area contributed by atoms with Gasteiger partial charge in [-0.1, -0.05) is 16.9 Å². The number of carbonyl (C=O) groups excluding carboxylic acids is 1. The Hall–Kier alpha value is -2.43. The van der Waals surface area contributed by atoms with Gasteiger partial charge in [-0.25, -0.2) is 4.98 Å². The van der Waals surface area contributed by atoms with Gasteiger partial charge in [-0.2, -0.15) is 0 Å². The third-order valence-corrected chi connectivity index (χ3v) is 8.22. The number of aromatic nitrogens is 1. The molecule has 1 amide bonds. The molecular weight excluding hydrogens is 548 g/mol. The zero-order valence-corrected chi connectivity index (χ0v) is 23.6. The fourth-order valence-electron chi connectivity index (χ4n) is 3.93. The van der Waals surface area contributed by atoms with Crippen LogP contribution in [-0.4, -0.2) is 155 Å². The molecule has 1 aliphatic heterocycles. The number of amides is 1. The molecule has 0 aliphatic carbocycles. The molecule has 0 saturated carbocycles.